The Balaban J connectivity index is 2.65. The van der Waals surface area contributed by atoms with Gasteiger partial charge in [0.1, 0.15) is 13.2 Å². The number of rotatable bonds is 76. The number of aliphatic hydroxyl groups is 4. The first-order chi connectivity index (χ1) is 48.9. The molecule has 0 spiro atoms. The average molecular weight is 1410 g/mol. The Bertz CT molecular complexity index is 1640. The van der Waals surface area contributed by atoms with Crippen LogP contribution < -0.4 is 0 Å². The highest BCUT2D eigenvalue weighted by atomic mass is 16.5. The van der Waals surface area contributed by atoms with Crippen molar-refractivity contribution >= 4 is 11.9 Å². The number of carbonyl (C=O) groups is 2. The minimum absolute atomic E-state index is 0.217. The van der Waals surface area contributed by atoms with Gasteiger partial charge in [0, 0.05) is 77.5 Å². The molecule has 6 atom stereocenters. The van der Waals surface area contributed by atoms with Gasteiger partial charge in [-0.3, -0.25) is 29.2 Å². The van der Waals surface area contributed by atoms with E-state index >= 15 is 0 Å². The predicted octanol–water partition coefficient (Wildman–Crippen LogP) is 21.9. The van der Waals surface area contributed by atoms with Crippen LogP contribution in [0.5, 0.6) is 0 Å². The van der Waals surface area contributed by atoms with E-state index in [9.17, 15) is 30.0 Å². The van der Waals surface area contributed by atoms with Crippen LogP contribution in [0.1, 0.15) is 388 Å². The van der Waals surface area contributed by atoms with Crippen LogP contribution in [0.15, 0.2) is 48.6 Å². The molecule has 0 aliphatic carbocycles. The molecular formula is C88H168N4O8. The third kappa shape index (κ3) is 64.0. The van der Waals surface area contributed by atoms with Gasteiger partial charge in [-0.2, -0.15) is 0 Å². The number of nitrogens with zero attached hydrogens (tertiary/aromatic N) is 4. The smallest absolute Gasteiger partial charge is 0.307 e. The molecule has 0 saturated carbocycles. The molecule has 0 aromatic carbocycles. The zero-order chi connectivity index (χ0) is 72.7. The second-order valence-corrected chi connectivity index (χ2v) is 30.8. The van der Waals surface area contributed by atoms with Crippen molar-refractivity contribution in [3.63, 3.8) is 0 Å². The number of allylic oxidation sites excluding steroid dienone is 8. The van der Waals surface area contributed by atoms with Crippen LogP contribution in [0, 0.1) is 0 Å². The predicted molar refractivity (Wildman–Crippen MR) is 429 cm³/mol. The van der Waals surface area contributed by atoms with Crippen LogP contribution in [0.3, 0.4) is 0 Å². The normalized spacial score (nSPS) is 16.2. The minimum Gasteiger partial charge on any atom is -0.464 e. The van der Waals surface area contributed by atoms with Crippen molar-refractivity contribution in [2.45, 2.75) is 425 Å². The van der Waals surface area contributed by atoms with E-state index in [2.05, 4.69) is 110 Å². The van der Waals surface area contributed by atoms with Crippen molar-refractivity contribution in [2.24, 2.45) is 0 Å². The van der Waals surface area contributed by atoms with Crippen molar-refractivity contribution < 1.29 is 39.5 Å². The molecular weight excluding hydrogens is 1240 g/mol. The Morgan fingerprint density at radius 2 is 0.530 bits per heavy atom. The second kappa shape index (κ2) is 73.5. The molecule has 1 fully saturated rings. The Labute approximate surface area is 619 Å². The van der Waals surface area contributed by atoms with Crippen molar-refractivity contribution in [2.75, 3.05) is 78.7 Å². The van der Waals surface area contributed by atoms with Crippen LogP contribution in [0.4, 0.5) is 0 Å². The molecule has 0 amide bonds. The average Bonchev–Trinajstić information content (AvgIpc) is 0.850. The Hall–Kier alpha value is -2.42. The lowest BCUT2D eigenvalue weighted by molar-refractivity contribution is -0.146. The molecule has 6 unspecified atom stereocenters. The number of hydrogen-bond acceptors (Lipinski definition) is 12. The second-order valence-electron chi connectivity index (χ2n) is 30.8. The summed E-state index contributed by atoms with van der Waals surface area (Å²) in [5, 5.41) is 45.0. The molecule has 100 heavy (non-hydrogen) atoms. The molecule has 1 aliphatic rings. The standard InChI is InChI=1S/C88H168N4O8/c1-7-11-15-19-23-27-31-35-39-43-47-51-55-59-63-83(93)77-89(78-84(94)64-60-56-52-48-44-40-36-32-28-24-20-16-12-8-2)69-67-87(97)99-73-71-91-75-82(6)92(76-81(91)5)72-74-100-88(98)68-70-90(79-85(95)65-61-57-53-49-45-41-37-33-29-25-21-17-13-9-3)80-86(96)66-62-58-54-50-46-42-38-34-30-26-22-18-14-10-4/h35-42,81-86,93-96H,7-34,43-80H2,1-6H3/b39-35-,40-36-,41-37-,42-38-. The number of piperazine rings is 1. The van der Waals surface area contributed by atoms with E-state index in [1.54, 1.807) is 0 Å². The van der Waals surface area contributed by atoms with Crippen LogP contribution in [0.25, 0.3) is 0 Å². The maximum Gasteiger partial charge on any atom is 0.307 e. The quantitative estimate of drug-likeness (QED) is 0.0261. The van der Waals surface area contributed by atoms with Crippen LogP contribution in [-0.4, -0.2) is 167 Å². The van der Waals surface area contributed by atoms with E-state index in [1.807, 2.05) is 0 Å². The maximum absolute atomic E-state index is 13.3. The minimum atomic E-state index is -0.504. The molecule has 12 heteroatoms. The third-order valence-corrected chi connectivity index (χ3v) is 20.9. The van der Waals surface area contributed by atoms with E-state index in [4.69, 9.17) is 9.47 Å². The summed E-state index contributed by atoms with van der Waals surface area (Å²) in [6.45, 7) is 19.7. The summed E-state index contributed by atoms with van der Waals surface area (Å²) in [5.74, 6) is -0.492. The van der Waals surface area contributed by atoms with Gasteiger partial charge < -0.3 is 29.9 Å². The molecule has 4 N–H and O–H groups in total. The number of unbranched alkanes of at least 4 members (excludes halogenated alkanes) is 40. The van der Waals surface area contributed by atoms with Gasteiger partial charge in [-0.15, -0.1) is 0 Å². The molecule has 1 heterocycles. The van der Waals surface area contributed by atoms with E-state index in [1.165, 1.54) is 231 Å². The van der Waals surface area contributed by atoms with Crippen LogP contribution in [0.2, 0.25) is 0 Å². The topological polar surface area (TPSA) is 146 Å². The SMILES string of the molecule is CCCCCCCC/C=C\CCCCCCC(O)CN(CCC(=O)OCCN1CC(C)N(CCOC(=O)CCN(CC(O)CCCCCC/C=C\CCCCCCCC)CC(O)CCCCCC/C=C\CCCCCCCC)CC1C)CC(O)CCCCCC/C=C\CCCCCCCC. The van der Waals surface area contributed by atoms with E-state index in [0.717, 1.165) is 116 Å². The highest BCUT2D eigenvalue weighted by Crippen LogP contribution is 2.20. The summed E-state index contributed by atoms with van der Waals surface area (Å²) < 4.78 is 11.7. The molecule has 1 saturated heterocycles. The van der Waals surface area contributed by atoms with Gasteiger partial charge in [0.05, 0.1) is 37.3 Å². The zero-order valence-electron chi connectivity index (χ0n) is 67.0. The Morgan fingerprint density at radius 1 is 0.330 bits per heavy atom. The molecule has 1 rings (SSSR count). The summed E-state index contributed by atoms with van der Waals surface area (Å²) in [4.78, 5) is 35.6. The van der Waals surface area contributed by atoms with E-state index < -0.39 is 24.4 Å². The first kappa shape index (κ1) is 95.6. The maximum atomic E-state index is 13.3. The van der Waals surface area contributed by atoms with Crippen molar-refractivity contribution in [1.82, 2.24) is 19.6 Å². The lowest BCUT2D eigenvalue weighted by atomic mass is 10.1. The fraction of sp³-hybridized carbons (Fsp3) is 0.886. The molecule has 588 valence electrons. The Morgan fingerprint density at radius 3 is 0.750 bits per heavy atom. The third-order valence-electron chi connectivity index (χ3n) is 20.9. The lowest BCUT2D eigenvalue weighted by Gasteiger charge is -2.44. The van der Waals surface area contributed by atoms with Crippen molar-refractivity contribution in [3.05, 3.63) is 48.6 Å². The number of ether oxygens (including phenoxy) is 2. The monoisotopic (exact) mass is 1410 g/mol. The van der Waals surface area contributed by atoms with Crippen LogP contribution in [-0.2, 0) is 19.1 Å². The highest BCUT2D eigenvalue weighted by Gasteiger charge is 2.29. The van der Waals surface area contributed by atoms with Crippen molar-refractivity contribution in [1.29, 1.82) is 0 Å². The van der Waals surface area contributed by atoms with Crippen molar-refractivity contribution in [3.8, 4) is 0 Å². The number of carbonyl (C=O) groups excluding carboxylic acids is 2. The zero-order valence-corrected chi connectivity index (χ0v) is 67.0. The summed E-state index contributed by atoms with van der Waals surface area (Å²) in [5.41, 5.74) is 0. The lowest BCUT2D eigenvalue weighted by Crippen LogP contribution is -2.57. The number of esters is 2. The van der Waals surface area contributed by atoms with Gasteiger partial charge >= 0.3 is 11.9 Å². The number of hydrogen-bond donors (Lipinski definition) is 4. The summed E-state index contributed by atoms with van der Waals surface area (Å²) in [7, 11) is 0. The largest absolute Gasteiger partial charge is 0.464 e. The highest BCUT2D eigenvalue weighted by molar-refractivity contribution is 5.69. The molecule has 0 radical (unpaired) electrons. The van der Waals surface area contributed by atoms with Gasteiger partial charge in [-0.1, -0.05) is 282 Å². The summed E-state index contributed by atoms with van der Waals surface area (Å²) in [6, 6.07) is 0.457. The van der Waals surface area contributed by atoms with Gasteiger partial charge in [0.2, 0.25) is 0 Å². The molecule has 12 nitrogen and oxygen atoms in total. The van der Waals surface area contributed by atoms with E-state index in [0.29, 0.717) is 65.6 Å². The first-order valence-corrected chi connectivity index (χ1v) is 43.5. The first-order valence-electron chi connectivity index (χ1n) is 43.5. The Kier molecular flexibility index (Phi) is 70.2. The summed E-state index contributed by atoms with van der Waals surface area (Å²) >= 11 is 0. The van der Waals surface area contributed by atoms with Gasteiger partial charge in [-0.05, 0) is 142 Å². The van der Waals surface area contributed by atoms with Gasteiger partial charge in [0.15, 0.2) is 0 Å². The molecule has 0 bridgehead atoms. The van der Waals surface area contributed by atoms with Gasteiger partial charge in [0.25, 0.3) is 0 Å². The fourth-order valence-electron chi connectivity index (χ4n) is 14.3. The molecule has 1 aliphatic heterocycles. The van der Waals surface area contributed by atoms with Crippen LogP contribution >= 0.6 is 0 Å². The molecule has 0 aromatic rings. The molecule has 0 aromatic heterocycles. The van der Waals surface area contributed by atoms with Gasteiger partial charge in [-0.25, -0.2) is 0 Å². The van der Waals surface area contributed by atoms with E-state index in [-0.39, 0.29) is 36.9 Å². The summed E-state index contributed by atoms with van der Waals surface area (Å²) in [6.07, 6.45) is 79.4. The number of aliphatic hydroxyl groups excluding tert-OH is 4. The fourth-order valence-corrected chi connectivity index (χ4v) is 14.3.